The fraction of sp³-hybridized carbons (Fsp3) is 0.889. The van der Waals surface area contributed by atoms with E-state index in [4.69, 9.17) is 9.84 Å². The third-order valence-corrected chi connectivity index (χ3v) is 2.58. The normalized spacial score (nSPS) is 30.1. The van der Waals surface area contributed by atoms with Crippen molar-refractivity contribution in [2.24, 2.45) is 5.92 Å². The molecule has 0 unspecified atom stereocenters. The Morgan fingerprint density at radius 1 is 1.50 bits per heavy atom. The number of aliphatic carboxylic acids is 1. The first-order chi connectivity index (χ1) is 5.74. The van der Waals surface area contributed by atoms with Crippen LogP contribution in [0.1, 0.15) is 32.1 Å². The van der Waals surface area contributed by atoms with Gasteiger partial charge in [0.15, 0.2) is 0 Å². The molecule has 12 heavy (non-hydrogen) atoms. The monoisotopic (exact) mass is 172 g/mol. The summed E-state index contributed by atoms with van der Waals surface area (Å²) < 4.78 is 5.24. The second-order valence-electron chi connectivity index (χ2n) is 3.42. The number of hydrogen-bond acceptors (Lipinski definition) is 2. The molecular formula is C9H16O3. The Morgan fingerprint density at radius 3 is 2.75 bits per heavy atom. The van der Waals surface area contributed by atoms with E-state index in [-0.39, 0.29) is 18.4 Å². The van der Waals surface area contributed by atoms with E-state index in [1.807, 2.05) is 0 Å². The van der Waals surface area contributed by atoms with E-state index in [9.17, 15) is 4.79 Å². The third kappa shape index (κ3) is 2.48. The van der Waals surface area contributed by atoms with Gasteiger partial charge in [0, 0.05) is 7.11 Å². The van der Waals surface area contributed by atoms with E-state index in [1.54, 1.807) is 7.11 Å². The average Bonchev–Trinajstić information content (AvgIpc) is 2.04. The van der Waals surface area contributed by atoms with Crippen molar-refractivity contribution >= 4 is 5.97 Å². The molecule has 0 saturated heterocycles. The highest BCUT2D eigenvalue weighted by molar-refractivity contribution is 5.67. The summed E-state index contributed by atoms with van der Waals surface area (Å²) in [5, 5.41) is 8.62. The standard InChI is InChI=1S/C9H16O3/c1-12-8-5-3-2-4-7(8)6-9(10)11/h7-8H,2-6H2,1H3,(H,10,11)/t7-,8-/m1/s1. The maximum Gasteiger partial charge on any atom is 0.303 e. The number of rotatable bonds is 3. The van der Waals surface area contributed by atoms with Gasteiger partial charge in [-0.2, -0.15) is 0 Å². The predicted molar refractivity (Wildman–Crippen MR) is 45.0 cm³/mol. The van der Waals surface area contributed by atoms with Crippen LogP contribution in [0, 0.1) is 5.92 Å². The van der Waals surface area contributed by atoms with Gasteiger partial charge in [0.25, 0.3) is 0 Å². The summed E-state index contributed by atoms with van der Waals surface area (Å²) in [7, 11) is 1.67. The van der Waals surface area contributed by atoms with E-state index >= 15 is 0 Å². The summed E-state index contributed by atoms with van der Waals surface area (Å²) >= 11 is 0. The van der Waals surface area contributed by atoms with Crippen LogP contribution in [0.5, 0.6) is 0 Å². The minimum Gasteiger partial charge on any atom is -0.481 e. The van der Waals surface area contributed by atoms with Gasteiger partial charge in [0.05, 0.1) is 12.5 Å². The van der Waals surface area contributed by atoms with Gasteiger partial charge >= 0.3 is 5.97 Å². The van der Waals surface area contributed by atoms with Gasteiger partial charge in [-0.25, -0.2) is 0 Å². The van der Waals surface area contributed by atoms with Crippen LogP contribution in [0.25, 0.3) is 0 Å². The minimum atomic E-state index is -0.705. The Kier molecular flexibility index (Phi) is 3.53. The lowest BCUT2D eigenvalue weighted by Gasteiger charge is -2.29. The molecule has 0 amide bonds. The summed E-state index contributed by atoms with van der Waals surface area (Å²) in [5.74, 6) is -0.467. The number of carboxylic acids is 1. The van der Waals surface area contributed by atoms with Crippen molar-refractivity contribution in [2.45, 2.75) is 38.2 Å². The largest absolute Gasteiger partial charge is 0.481 e. The molecule has 0 heterocycles. The van der Waals surface area contributed by atoms with Gasteiger partial charge in [-0.05, 0) is 18.8 Å². The van der Waals surface area contributed by atoms with E-state index in [1.165, 1.54) is 6.42 Å². The molecule has 0 aliphatic heterocycles. The van der Waals surface area contributed by atoms with Crippen molar-refractivity contribution in [3.8, 4) is 0 Å². The number of hydrogen-bond donors (Lipinski definition) is 1. The molecule has 1 rings (SSSR count). The highest BCUT2D eigenvalue weighted by atomic mass is 16.5. The Bertz CT molecular complexity index is 156. The van der Waals surface area contributed by atoms with Gasteiger partial charge in [0.2, 0.25) is 0 Å². The second kappa shape index (κ2) is 4.45. The van der Waals surface area contributed by atoms with E-state index in [2.05, 4.69) is 0 Å². The van der Waals surface area contributed by atoms with Crippen LogP contribution in [-0.2, 0) is 9.53 Å². The highest BCUT2D eigenvalue weighted by Crippen LogP contribution is 2.28. The SMILES string of the molecule is CO[C@@H]1CCCC[C@@H]1CC(=O)O. The first kappa shape index (κ1) is 9.52. The molecule has 1 aliphatic rings. The van der Waals surface area contributed by atoms with Crippen molar-refractivity contribution in [2.75, 3.05) is 7.11 Å². The maximum atomic E-state index is 10.5. The van der Waals surface area contributed by atoms with Crippen LogP contribution in [0.15, 0.2) is 0 Å². The quantitative estimate of drug-likeness (QED) is 0.704. The molecule has 1 fully saturated rings. The van der Waals surface area contributed by atoms with Crippen LogP contribution in [0.3, 0.4) is 0 Å². The fourth-order valence-electron chi connectivity index (χ4n) is 1.94. The molecule has 3 heteroatoms. The molecule has 1 saturated carbocycles. The molecule has 2 atom stereocenters. The van der Waals surface area contributed by atoms with Crippen LogP contribution in [0.2, 0.25) is 0 Å². The Balaban J connectivity index is 2.41. The molecule has 0 aromatic heterocycles. The second-order valence-corrected chi connectivity index (χ2v) is 3.42. The van der Waals surface area contributed by atoms with Crippen molar-refractivity contribution in [1.82, 2.24) is 0 Å². The number of carbonyl (C=O) groups is 1. The van der Waals surface area contributed by atoms with Crippen LogP contribution in [0.4, 0.5) is 0 Å². The van der Waals surface area contributed by atoms with Gasteiger partial charge in [-0.1, -0.05) is 12.8 Å². The van der Waals surface area contributed by atoms with Gasteiger partial charge in [-0.15, -0.1) is 0 Å². The number of methoxy groups -OCH3 is 1. The lowest BCUT2D eigenvalue weighted by Crippen LogP contribution is -2.28. The molecule has 70 valence electrons. The molecule has 0 spiro atoms. The summed E-state index contributed by atoms with van der Waals surface area (Å²) in [4.78, 5) is 10.5. The van der Waals surface area contributed by atoms with Crippen LogP contribution < -0.4 is 0 Å². The average molecular weight is 172 g/mol. The molecule has 0 aromatic carbocycles. The summed E-state index contributed by atoms with van der Waals surface area (Å²) in [6.45, 7) is 0. The molecule has 0 bridgehead atoms. The van der Waals surface area contributed by atoms with E-state index in [0.29, 0.717) is 0 Å². The molecule has 1 aliphatic carbocycles. The Hall–Kier alpha value is -0.570. The van der Waals surface area contributed by atoms with Crippen LogP contribution >= 0.6 is 0 Å². The topological polar surface area (TPSA) is 46.5 Å². The highest BCUT2D eigenvalue weighted by Gasteiger charge is 2.26. The summed E-state index contributed by atoms with van der Waals surface area (Å²) in [6, 6.07) is 0. The van der Waals surface area contributed by atoms with Gasteiger partial charge < -0.3 is 9.84 Å². The Labute approximate surface area is 72.7 Å². The molecule has 3 nitrogen and oxygen atoms in total. The molecule has 0 radical (unpaired) electrons. The molecular weight excluding hydrogens is 156 g/mol. The van der Waals surface area contributed by atoms with Crippen molar-refractivity contribution < 1.29 is 14.6 Å². The van der Waals surface area contributed by atoms with E-state index in [0.717, 1.165) is 19.3 Å². The van der Waals surface area contributed by atoms with Crippen molar-refractivity contribution in [3.63, 3.8) is 0 Å². The molecule has 0 aromatic rings. The number of carboxylic acid groups (broad SMARTS) is 1. The summed E-state index contributed by atoms with van der Waals surface area (Å²) in [5.41, 5.74) is 0. The zero-order chi connectivity index (χ0) is 8.97. The third-order valence-electron chi connectivity index (χ3n) is 2.58. The molecule has 1 N–H and O–H groups in total. The summed E-state index contributed by atoms with van der Waals surface area (Å²) in [6.07, 6.45) is 4.79. The lowest BCUT2D eigenvalue weighted by molar-refractivity contribution is -0.139. The predicted octanol–water partition coefficient (Wildman–Crippen LogP) is 1.67. The smallest absolute Gasteiger partial charge is 0.303 e. The zero-order valence-corrected chi connectivity index (χ0v) is 7.45. The zero-order valence-electron chi connectivity index (χ0n) is 7.45. The first-order valence-electron chi connectivity index (χ1n) is 4.48. The fourth-order valence-corrected chi connectivity index (χ4v) is 1.94. The first-order valence-corrected chi connectivity index (χ1v) is 4.48. The van der Waals surface area contributed by atoms with E-state index < -0.39 is 5.97 Å². The van der Waals surface area contributed by atoms with Crippen molar-refractivity contribution in [1.29, 1.82) is 0 Å². The van der Waals surface area contributed by atoms with Gasteiger partial charge in [-0.3, -0.25) is 4.79 Å². The van der Waals surface area contributed by atoms with Crippen molar-refractivity contribution in [3.05, 3.63) is 0 Å². The lowest BCUT2D eigenvalue weighted by atomic mass is 9.84. The Morgan fingerprint density at radius 2 is 2.17 bits per heavy atom. The van der Waals surface area contributed by atoms with Crippen LogP contribution in [-0.4, -0.2) is 24.3 Å². The minimum absolute atomic E-state index is 0.176. The maximum absolute atomic E-state index is 10.5. The van der Waals surface area contributed by atoms with Gasteiger partial charge in [0.1, 0.15) is 0 Å². The number of ether oxygens (including phenoxy) is 1.